The normalized spacial score (nSPS) is 19.6. The first kappa shape index (κ1) is 13.0. The van der Waals surface area contributed by atoms with Crippen LogP contribution in [0.5, 0.6) is 0 Å². The highest BCUT2D eigenvalue weighted by Gasteiger charge is 2.40. The third-order valence-corrected chi connectivity index (χ3v) is 3.09. The molecular weight excluding hydrogens is 208 g/mol. The molecule has 1 aliphatic carbocycles. The lowest BCUT2D eigenvalue weighted by molar-refractivity contribution is -0.138. The lowest BCUT2D eigenvalue weighted by atomic mass is 9.77. The number of carbonyl (C=O) groups excluding carboxylic acids is 1. The average Bonchev–Trinajstić information content (AvgIpc) is 2.13. The van der Waals surface area contributed by atoms with E-state index in [1.807, 2.05) is 6.92 Å². The van der Waals surface area contributed by atoms with E-state index in [1.165, 1.54) is 0 Å². The van der Waals surface area contributed by atoms with Gasteiger partial charge < -0.3 is 16.2 Å². The average molecular weight is 228 g/mol. The van der Waals surface area contributed by atoms with Crippen molar-refractivity contribution in [3.63, 3.8) is 0 Å². The van der Waals surface area contributed by atoms with Gasteiger partial charge in [0.25, 0.3) is 0 Å². The van der Waals surface area contributed by atoms with Crippen molar-refractivity contribution < 1.29 is 14.7 Å². The Morgan fingerprint density at radius 3 is 2.50 bits per heavy atom. The van der Waals surface area contributed by atoms with Crippen LogP contribution in [0.4, 0.5) is 0 Å². The zero-order valence-corrected chi connectivity index (χ0v) is 9.66. The van der Waals surface area contributed by atoms with E-state index in [0.29, 0.717) is 19.3 Å². The maximum Gasteiger partial charge on any atom is 0.305 e. The minimum absolute atomic E-state index is 0.0321. The van der Waals surface area contributed by atoms with Crippen LogP contribution in [0.25, 0.3) is 0 Å². The SMILES string of the molecule is CCCC(CC(=O)O)NC(=O)C1(N)CCC1. The van der Waals surface area contributed by atoms with Gasteiger partial charge in [-0.05, 0) is 25.7 Å². The van der Waals surface area contributed by atoms with Gasteiger partial charge in [-0.3, -0.25) is 9.59 Å². The van der Waals surface area contributed by atoms with Crippen molar-refractivity contribution in [3.8, 4) is 0 Å². The predicted octanol–water partition coefficient (Wildman–Crippen LogP) is 0.627. The van der Waals surface area contributed by atoms with Crippen molar-refractivity contribution in [1.29, 1.82) is 0 Å². The predicted molar refractivity (Wildman–Crippen MR) is 59.9 cm³/mol. The van der Waals surface area contributed by atoms with Crippen LogP contribution in [0, 0.1) is 0 Å². The summed E-state index contributed by atoms with van der Waals surface area (Å²) in [6, 6.07) is -0.295. The monoisotopic (exact) mass is 228 g/mol. The molecule has 0 aromatic carbocycles. The minimum Gasteiger partial charge on any atom is -0.481 e. The van der Waals surface area contributed by atoms with Crippen LogP contribution in [-0.2, 0) is 9.59 Å². The van der Waals surface area contributed by atoms with Crippen LogP contribution >= 0.6 is 0 Å². The first-order valence-corrected chi connectivity index (χ1v) is 5.79. The number of aliphatic carboxylic acids is 1. The van der Waals surface area contributed by atoms with Crippen LogP contribution < -0.4 is 11.1 Å². The van der Waals surface area contributed by atoms with Crippen LogP contribution in [0.3, 0.4) is 0 Å². The molecule has 1 rings (SSSR count). The Bertz CT molecular complexity index is 274. The van der Waals surface area contributed by atoms with Crippen molar-refractivity contribution in [2.75, 3.05) is 0 Å². The van der Waals surface area contributed by atoms with Crippen LogP contribution in [-0.4, -0.2) is 28.6 Å². The molecule has 0 radical (unpaired) electrons. The van der Waals surface area contributed by atoms with E-state index in [1.54, 1.807) is 0 Å². The Balaban J connectivity index is 2.47. The standard InChI is InChI=1S/C11H20N2O3/c1-2-4-8(7-9(14)15)13-10(16)11(12)5-3-6-11/h8H,2-7,12H2,1H3,(H,13,16)(H,14,15). The van der Waals surface area contributed by atoms with Gasteiger partial charge >= 0.3 is 5.97 Å². The van der Waals surface area contributed by atoms with Gasteiger partial charge in [-0.15, -0.1) is 0 Å². The van der Waals surface area contributed by atoms with E-state index >= 15 is 0 Å². The van der Waals surface area contributed by atoms with E-state index < -0.39 is 11.5 Å². The van der Waals surface area contributed by atoms with Gasteiger partial charge in [-0.25, -0.2) is 0 Å². The van der Waals surface area contributed by atoms with Crippen LogP contribution in [0.1, 0.15) is 45.4 Å². The number of hydrogen-bond donors (Lipinski definition) is 3. The van der Waals surface area contributed by atoms with Crippen molar-refractivity contribution >= 4 is 11.9 Å². The highest BCUT2D eigenvalue weighted by Crippen LogP contribution is 2.29. The third-order valence-electron chi connectivity index (χ3n) is 3.09. The first-order valence-electron chi connectivity index (χ1n) is 5.79. The summed E-state index contributed by atoms with van der Waals surface area (Å²) in [4.78, 5) is 22.4. The number of nitrogens with one attached hydrogen (secondary N) is 1. The number of rotatable bonds is 6. The molecule has 0 bridgehead atoms. The molecule has 0 spiro atoms. The summed E-state index contributed by atoms with van der Waals surface area (Å²) in [6.45, 7) is 1.96. The second-order valence-electron chi connectivity index (χ2n) is 4.57. The van der Waals surface area contributed by atoms with Crippen molar-refractivity contribution in [2.45, 2.75) is 57.0 Å². The number of carboxylic acid groups (broad SMARTS) is 1. The first-order chi connectivity index (χ1) is 7.48. The molecular formula is C11H20N2O3. The van der Waals surface area contributed by atoms with Gasteiger partial charge in [0.2, 0.25) is 5.91 Å². The van der Waals surface area contributed by atoms with Crippen LogP contribution in [0.2, 0.25) is 0 Å². The fourth-order valence-electron chi connectivity index (χ4n) is 1.90. The van der Waals surface area contributed by atoms with Gasteiger partial charge in [0.15, 0.2) is 0 Å². The molecule has 1 saturated carbocycles. The summed E-state index contributed by atoms with van der Waals surface area (Å²) < 4.78 is 0. The van der Waals surface area contributed by atoms with E-state index in [4.69, 9.17) is 10.8 Å². The molecule has 5 heteroatoms. The Morgan fingerprint density at radius 1 is 1.50 bits per heavy atom. The molecule has 0 aliphatic heterocycles. The summed E-state index contributed by atoms with van der Waals surface area (Å²) in [5.41, 5.74) is 5.12. The molecule has 0 aromatic heterocycles. The van der Waals surface area contributed by atoms with E-state index in [0.717, 1.165) is 12.8 Å². The van der Waals surface area contributed by atoms with Crippen molar-refractivity contribution in [3.05, 3.63) is 0 Å². The fourth-order valence-corrected chi connectivity index (χ4v) is 1.90. The topological polar surface area (TPSA) is 92.4 Å². The van der Waals surface area contributed by atoms with E-state index in [9.17, 15) is 9.59 Å². The molecule has 5 nitrogen and oxygen atoms in total. The molecule has 4 N–H and O–H groups in total. The number of carboxylic acids is 1. The summed E-state index contributed by atoms with van der Waals surface area (Å²) in [5, 5.41) is 11.5. The second-order valence-corrected chi connectivity index (χ2v) is 4.57. The molecule has 92 valence electrons. The summed E-state index contributed by atoms with van der Waals surface area (Å²) >= 11 is 0. The minimum atomic E-state index is -0.890. The smallest absolute Gasteiger partial charge is 0.305 e. The van der Waals surface area contributed by atoms with Gasteiger partial charge in [0.05, 0.1) is 12.0 Å². The van der Waals surface area contributed by atoms with Crippen molar-refractivity contribution in [1.82, 2.24) is 5.32 Å². The summed E-state index contributed by atoms with van der Waals surface area (Å²) in [6.07, 6.45) is 3.86. The van der Waals surface area contributed by atoms with Gasteiger partial charge in [0, 0.05) is 6.04 Å². The lowest BCUT2D eigenvalue weighted by Crippen LogP contribution is -2.60. The second kappa shape index (κ2) is 5.30. The quantitative estimate of drug-likeness (QED) is 0.621. The van der Waals surface area contributed by atoms with Gasteiger partial charge in [0.1, 0.15) is 0 Å². The molecule has 16 heavy (non-hydrogen) atoms. The molecule has 0 saturated heterocycles. The molecule has 1 unspecified atom stereocenters. The van der Waals surface area contributed by atoms with Crippen molar-refractivity contribution in [2.24, 2.45) is 5.73 Å². The highest BCUT2D eigenvalue weighted by molar-refractivity contribution is 5.87. The molecule has 1 atom stereocenters. The number of nitrogens with two attached hydrogens (primary N) is 1. The highest BCUT2D eigenvalue weighted by atomic mass is 16.4. The number of carbonyl (C=O) groups is 2. The summed E-state index contributed by atoms with van der Waals surface area (Å²) in [7, 11) is 0. The Hall–Kier alpha value is -1.10. The molecule has 1 amide bonds. The summed E-state index contributed by atoms with van der Waals surface area (Å²) in [5.74, 6) is -1.09. The Labute approximate surface area is 95.4 Å². The zero-order chi connectivity index (χ0) is 12.2. The largest absolute Gasteiger partial charge is 0.481 e. The third kappa shape index (κ3) is 3.20. The zero-order valence-electron chi connectivity index (χ0n) is 9.66. The molecule has 1 aliphatic rings. The molecule has 0 heterocycles. The maximum absolute atomic E-state index is 11.8. The maximum atomic E-state index is 11.8. The lowest BCUT2D eigenvalue weighted by Gasteiger charge is -2.37. The van der Waals surface area contributed by atoms with Crippen LogP contribution in [0.15, 0.2) is 0 Å². The Morgan fingerprint density at radius 2 is 2.12 bits per heavy atom. The van der Waals surface area contributed by atoms with E-state index in [2.05, 4.69) is 5.32 Å². The Kier molecular flexibility index (Phi) is 4.29. The number of hydrogen-bond acceptors (Lipinski definition) is 3. The van der Waals surface area contributed by atoms with Gasteiger partial charge in [-0.1, -0.05) is 13.3 Å². The molecule has 1 fully saturated rings. The number of amides is 1. The molecule has 0 aromatic rings. The van der Waals surface area contributed by atoms with E-state index in [-0.39, 0.29) is 18.4 Å². The van der Waals surface area contributed by atoms with Gasteiger partial charge in [-0.2, -0.15) is 0 Å². The fraction of sp³-hybridized carbons (Fsp3) is 0.818.